The van der Waals surface area contributed by atoms with Gasteiger partial charge >= 0.3 is 0 Å². The summed E-state index contributed by atoms with van der Waals surface area (Å²) < 4.78 is 14.5. The highest BCUT2D eigenvalue weighted by Gasteiger charge is 2.19. The molecule has 0 saturated carbocycles. The van der Waals surface area contributed by atoms with E-state index in [1.165, 1.54) is 6.07 Å². The average Bonchev–Trinajstić information content (AvgIpc) is 2.42. The van der Waals surface area contributed by atoms with Crippen LogP contribution in [0.25, 0.3) is 10.9 Å². The summed E-state index contributed by atoms with van der Waals surface area (Å²) in [6.45, 7) is 5.72. The highest BCUT2D eigenvalue weighted by Crippen LogP contribution is 2.36. The molecule has 1 saturated heterocycles. The maximum Gasteiger partial charge on any atom is 0.124 e. The SMILES string of the molecule is Cc1nc2ccc(F)cc2c(N2CCNCC2)c1Br. The van der Waals surface area contributed by atoms with Crippen molar-refractivity contribution >= 4 is 32.5 Å². The molecule has 3 rings (SSSR count). The van der Waals surface area contributed by atoms with Crippen molar-refractivity contribution in [2.75, 3.05) is 31.1 Å². The molecule has 100 valence electrons. The minimum atomic E-state index is -0.221. The van der Waals surface area contributed by atoms with Crippen LogP contribution in [0.2, 0.25) is 0 Å². The number of rotatable bonds is 1. The van der Waals surface area contributed by atoms with Gasteiger partial charge in [-0.1, -0.05) is 0 Å². The van der Waals surface area contributed by atoms with Gasteiger partial charge in [-0.25, -0.2) is 4.39 Å². The smallest absolute Gasteiger partial charge is 0.124 e. The second-order valence-corrected chi connectivity index (χ2v) is 5.55. The fraction of sp³-hybridized carbons (Fsp3) is 0.357. The zero-order valence-electron chi connectivity index (χ0n) is 10.7. The first kappa shape index (κ1) is 12.8. The van der Waals surface area contributed by atoms with Crippen LogP contribution in [0.3, 0.4) is 0 Å². The van der Waals surface area contributed by atoms with Gasteiger partial charge in [0, 0.05) is 31.6 Å². The van der Waals surface area contributed by atoms with Crippen molar-refractivity contribution in [3.05, 3.63) is 34.2 Å². The number of aromatic nitrogens is 1. The van der Waals surface area contributed by atoms with Crippen LogP contribution in [-0.2, 0) is 0 Å². The summed E-state index contributed by atoms with van der Waals surface area (Å²) in [6.07, 6.45) is 0. The number of hydrogen-bond acceptors (Lipinski definition) is 3. The Morgan fingerprint density at radius 1 is 1.32 bits per heavy atom. The molecule has 0 aliphatic carbocycles. The molecule has 1 aromatic carbocycles. The molecule has 1 N–H and O–H groups in total. The molecular formula is C14H15BrFN3. The van der Waals surface area contributed by atoms with Crippen LogP contribution in [0.1, 0.15) is 5.69 Å². The highest BCUT2D eigenvalue weighted by atomic mass is 79.9. The number of halogens is 2. The van der Waals surface area contributed by atoms with Crippen molar-refractivity contribution < 1.29 is 4.39 Å². The summed E-state index contributed by atoms with van der Waals surface area (Å²) >= 11 is 3.61. The van der Waals surface area contributed by atoms with Gasteiger partial charge in [0.2, 0.25) is 0 Å². The number of anilines is 1. The molecule has 2 heterocycles. The van der Waals surface area contributed by atoms with Gasteiger partial charge in [0.05, 0.1) is 21.4 Å². The summed E-state index contributed by atoms with van der Waals surface area (Å²) in [5.74, 6) is -0.221. The lowest BCUT2D eigenvalue weighted by Gasteiger charge is -2.31. The van der Waals surface area contributed by atoms with Crippen molar-refractivity contribution in [3.8, 4) is 0 Å². The van der Waals surface area contributed by atoms with Gasteiger partial charge in [-0.05, 0) is 41.1 Å². The summed E-state index contributed by atoms with van der Waals surface area (Å²) in [6, 6.07) is 4.78. The number of piperazine rings is 1. The third-order valence-electron chi connectivity index (χ3n) is 3.46. The van der Waals surface area contributed by atoms with E-state index in [9.17, 15) is 4.39 Å². The molecule has 0 radical (unpaired) electrons. The minimum Gasteiger partial charge on any atom is -0.367 e. The summed E-state index contributed by atoms with van der Waals surface area (Å²) in [5.41, 5.74) is 2.84. The number of aryl methyl sites for hydroxylation is 1. The van der Waals surface area contributed by atoms with E-state index in [0.717, 1.165) is 52.9 Å². The van der Waals surface area contributed by atoms with Crippen LogP contribution < -0.4 is 10.2 Å². The van der Waals surface area contributed by atoms with E-state index in [1.807, 2.05) is 6.92 Å². The molecule has 0 atom stereocenters. The number of fused-ring (bicyclic) bond motifs is 1. The van der Waals surface area contributed by atoms with Crippen LogP contribution in [0, 0.1) is 12.7 Å². The zero-order chi connectivity index (χ0) is 13.4. The molecule has 1 fully saturated rings. The van der Waals surface area contributed by atoms with Gasteiger partial charge in [0.25, 0.3) is 0 Å². The second kappa shape index (κ2) is 5.06. The molecule has 0 bridgehead atoms. The van der Waals surface area contributed by atoms with Gasteiger partial charge in [-0.3, -0.25) is 4.98 Å². The Balaban J connectivity index is 2.24. The monoisotopic (exact) mass is 323 g/mol. The molecular weight excluding hydrogens is 309 g/mol. The largest absolute Gasteiger partial charge is 0.367 e. The van der Waals surface area contributed by atoms with E-state index in [1.54, 1.807) is 12.1 Å². The summed E-state index contributed by atoms with van der Waals surface area (Å²) in [5, 5.41) is 4.21. The first-order valence-corrected chi connectivity index (χ1v) is 7.17. The zero-order valence-corrected chi connectivity index (χ0v) is 12.3. The topological polar surface area (TPSA) is 28.2 Å². The molecule has 1 aromatic heterocycles. The molecule has 2 aromatic rings. The van der Waals surface area contributed by atoms with E-state index in [0.29, 0.717) is 0 Å². The normalized spacial score (nSPS) is 16.1. The number of pyridine rings is 1. The van der Waals surface area contributed by atoms with Crippen molar-refractivity contribution in [1.29, 1.82) is 0 Å². The third-order valence-corrected chi connectivity index (χ3v) is 4.41. The van der Waals surface area contributed by atoms with Gasteiger partial charge in [0.15, 0.2) is 0 Å². The minimum absolute atomic E-state index is 0.221. The highest BCUT2D eigenvalue weighted by molar-refractivity contribution is 9.10. The maximum atomic E-state index is 13.5. The van der Waals surface area contributed by atoms with Gasteiger partial charge in [0.1, 0.15) is 5.82 Å². The third kappa shape index (κ3) is 2.32. The van der Waals surface area contributed by atoms with Gasteiger partial charge < -0.3 is 10.2 Å². The quantitative estimate of drug-likeness (QED) is 0.874. The molecule has 19 heavy (non-hydrogen) atoms. The van der Waals surface area contributed by atoms with Crippen molar-refractivity contribution in [2.24, 2.45) is 0 Å². The molecule has 1 aliphatic rings. The van der Waals surface area contributed by atoms with E-state index in [2.05, 4.69) is 31.1 Å². The van der Waals surface area contributed by atoms with Crippen LogP contribution in [-0.4, -0.2) is 31.2 Å². The lowest BCUT2D eigenvalue weighted by molar-refractivity contribution is 0.589. The van der Waals surface area contributed by atoms with Crippen molar-refractivity contribution in [3.63, 3.8) is 0 Å². The van der Waals surface area contributed by atoms with Crippen molar-refractivity contribution in [2.45, 2.75) is 6.92 Å². The maximum absolute atomic E-state index is 13.5. The van der Waals surface area contributed by atoms with Gasteiger partial charge in [-0.15, -0.1) is 0 Å². The summed E-state index contributed by atoms with van der Waals surface area (Å²) in [7, 11) is 0. The predicted octanol–water partition coefficient (Wildman–Crippen LogP) is 2.85. The lowest BCUT2D eigenvalue weighted by Crippen LogP contribution is -2.43. The number of nitrogens with one attached hydrogen (secondary N) is 1. The van der Waals surface area contributed by atoms with Crippen LogP contribution in [0.15, 0.2) is 22.7 Å². The first-order valence-electron chi connectivity index (χ1n) is 6.38. The van der Waals surface area contributed by atoms with Crippen molar-refractivity contribution in [1.82, 2.24) is 10.3 Å². The van der Waals surface area contributed by atoms with E-state index < -0.39 is 0 Å². The second-order valence-electron chi connectivity index (χ2n) is 4.76. The molecule has 5 heteroatoms. The Bertz CT molecular complexity index is 624. The fourth-order valence-corrected chi connectivity index (χ4v) is 3.07. The first-order chi connectivity index (χ1) is 9.16. The van der Waals surface area contributed by atoms with E-state index >= 15 is 0 Å². The Morgan fingerprint density at radius 3 is 2.79 bits per heavy atom. The average molecular weight is 324 g/mol. The molecule has 0 unspecified atom stereocenters. The lowest BCUT2D eigenvalue weighted by atomic mass is 10.1. The van der Waals surface area contributed by atoms with E-state index in [-0.39, 0.29) is 5.82 Å². The van der Waals surface area contributed by atoms with Crippen LogP contribution >= 0.6 is 15.9 Å². The van der Waals surface area contributed by atoms with E-state index in [4.69, 9.17) is 0 Å². The molecule has 0 amide bonds. The Hall–Kier alpha value is -1.20. The summed E-state index contributed by atoms with van der Waals surface area (Å²) in [4.78, 5) is 6.80. The Morgan fingerprint density at radius 2 is 2.05 bits per heavy atom. The van der Waals surface area contributed by atoms with Crippen LogP contribution in [0.5, 0.6) is 0 Å². The Labute approximate surface area is 119 Å². The Kier molecular flexibility index (Phi) is 3.41. The van der Waals surface area contributed by atoms with Crippen LogP contribution in [0.4, 0.5) is 10.1 Å². The molecule has 3 nitrogen and oxygen atoms in total. The number of hydrogen-bond donors (Lipinski definition) is 1. The molecule has 0 spiro atoms. The number of nitrogens with zero attached hydrogens (tertiary/aromatic N) is 2. The van der Waals surface area contributed by atoms with Gasteiger partial charge in [-0.2, -0.15) is 0 Å². The predicted molar refractivity (Wildman–Crippen MR) is 79.2 cm³/mol. The number of benzene rings is 1. The molecule has 1 aliphatic heterocycles. The fourth-order valence-electron chi connectivity index (χ4n) is 2.51. The standard InChI is InChI=1S/C14H15BrFN3/c1-9-13(15)14(19-6-4-17-5-7-19)11-8-10(16)2-3-12(11)18-9/h2-3,8,17H,4-7H2,1H3.